The Morgan fingerprint density at radius 1 is 0.939 bits per heavy atom. The fraction of sp³-hybridized carbons (Fsp3) is 0.0800. The summed E-state index contributed by atoms with van der Waals surface area (Å²) >= 11 is 12.0. The number of benzene rings is 3. The molecule has 5 aromatic rings. The van der Waals surface area contributed by atoms with Gasteiger partial charge in [0.2, 0.25) is 5.95 Å². The molecule has 0 radical (unpaired) electrons. The summed E-state index contributed by atoms with van der Waals surface area (Å²) in [4.78, 5) is 17.7. The van der Waals surface area contributed by atoms with E-state index in [4.69, 9.17) is 28.2 Å². The van der Waals surface area contributed by atoms with Crippen molar-refractivity contribution in [2.24, 2.45) is 0 Å². The highest BCUT2D eigenvalue weighted by Gasteiger charge is 2.19. The third-order valence-electron chi connectivity index (χ3n) is 5.26. The first-order valence-electron chi connectivity index (χ1n) is 10.3. The molecule has 2 aromatic heterocycles. The summed E-state index contributed by atoms with van der Waals surface area (Å²) < 4.78 is 3.74. The number of fused-ring (bicyclic) bond motifs is 1. The number of carbonyl (C=O) groups is 1. The summed E-state index contributed by atoms with van der Waals surface area (Å²) in [7, 11) is 0. The molecule has 8 heteroatoms. The Labute approximate surface area is 200 Å². The Morgan fingerprint density at radius 3 is 2.33 bits per heavy atom. The van der Waals surface area contributed by atoms with Gasteiger partial charge in [-0.3, -0.25) is 4.79 Å². The molecular formula is C25H19Cl2N5O. The Balaban J connectivity index is 1.57. The second-order valence-corrected chi connectivity index (χ2v) is 8.53. The van der Waals surface area contributed by atoms with Crippen molar-refractivity contribution in [1.29, 1.82) is 0 Å². The number of para-hydroxylation sites is 2. The number of rotatable bonds is 5. The standard InChI is InChI=1S/C25H19Cl2N5O/c1-16-14-23(29-24(33)18-8-12-20(27)13-9-18)32(30-16)25-28-21-4-2-3-5-22(21)31(25)15-17-6-10-19(26)11-7-17/h2-14H,15H2,1H3,(H,29,33). The summed E-state index contributed by atoms with van der Waals surface area (Å²) in [5, 5.41) is 8.84. The number of amides is 1. The molecule has 5 rings (SSSR count). The molecule has 33 heavy (non-hydrogen) atoms. The van der Waals surface area contributed by atoms with Crippen LogP contribution in [0.2, 0.25) is 10.0 Å². The van der Waals surface area contributed by atoms with Gasteiger partial charge < -0.3 is 9.88 Å². The van der Waals surface area contributed by atoms with Gasteiger partial charge in [-0.2, -0.15) is 9.78 Å². The van der Waals surface area contributed by atoms with Crippen molar-refractivity contribution < 1.29 is 4.79 Å². The molecule has 0 atom stereocenters. The van der Waals surface area contributed by atoms with Gasteiger partial charge in [-0.05, 0) is 61.0 Å². The summed E-state index contributed by atoms with van der Waals surface area (Å²) in [5.74, 6) is 0.874. The molecule has 0 saturated heterocycles. The van der Waals surface area contributed by atoms with E-state index in [2.05, 4.69) is 15.0 Å². The van der Waals surface area contributed by atoms with Crippen molar-refractivity contribution in [3.63, 3.8) is 0 Å². The zero-order valence-corrected chi connectivity index (χ0v) is 19.2. The van der Waals surface area contributed by atoms with Gasteiger partial charge in [0.15, 0.2) is 0 Å². The van der Waals surface area contributed by atoms with Crippen LogP contribution in [0.5, 0.6) is 0 Å². The molecule has 164 valence electrons. The molecule has 0 spiro atoms. The maximum absolute atomic E-state index is 12.9. The molecular weight excluding hydrogens is 457 g/mol. The van der Waals surface area contributed by atoms with Gasteiger partial charge >= 0.3 is 0 Å². The zero-order valence-electron chi connectivity index (χ0n) is 17.7. The van der Waals surface area contributed by atoms with Crippen LogP contribution >= 0.6 is 23.2 Å². The van der Waals surface area contributed by atoms with Crippen LogP contribution in [-0.4, -0.2) is 25.2 Å². The fourth-order valence-electron chi connectivity index (χ4n) is 3.68. The van der Waals surface area contributed by atoms with E-state index >= 15 is 0 Å². The SMILES string of the molecule is Cc1cc(NC(=O)c2ccc(Cl)cc2)n(-c2nc3ccccc3n2Cc2ccc(Cl)cc2)n1. The van der Waals surface area contributed by atoms with Crippen LogP contribution < -0.4 is 5.32 Å². The molecule has 1 N–H and O–H groups in total. The van der Waals surface area contributed by atoms with Crippen LogP contribution in [0.3, 0.4) is 0 Å². The first-order valence-corrected chi connectivity index (χ1v) is 11.1. The van der Waals surface area contributed by atoms with Gasteiger partial charge in [0.1, 0.15) is 5.82 Å². The van der Waals surface area contributed by atoms with Crippen molar-refractivity contribution in [1.82, 2.24) is 19.3 Å². The zero-order chi connectivity index (χ0) is 22.9. The number of nitrogens with one attached hydrogen (secondary N) is 1. The lowest BCUT2D eigenvalue weighted by Crippen LogP contribution is -2.17. The Hall–Kier alpha value is -3.61. The number of anilines is 1. The first kappa shape index (κ1) is 21.2. The number of nitrogens with zero attached hydrogens (tertiary/aromatic N) is 4. The summed E-state index contributed by atoms with van der Waals surface area (Å²) in [6.45, 7) is 2.44. The molecule has 0 unspecified atom stereocenters. The second kappa shape index (κ2) is 8.73. The van der Waals surface area contributed by atoms with Crippen molar-refractivity contribution >= 4 is 46.0 Å². The van der Waals surface area contributed by atoms with Crippen molar-refractivity contribution in [2.45, 2.75) is 13.5 Å². The fourth-order valence-corrected chi connectivity index (χ4v) is 3.94. The topological polar surface area (TPSA) is 64.7 Å². The maximum Gasteiger partial charge on any atom is 0.256 e. The maximum atomic E-state index is 12.9. The quantitative estimate of drug-likeness (QED) is 0.332. The smallest absolute Gasteiger partial charge is 0.256 e. The average molecular weight is 476 g/mol. The van der Waals surface area contributed by atoms with Gasteiger partial charge in [-0.25, -0.2) is 4.98 Å². The highest BCUT2D eigenvalue weighted by atomic mass is 35.5. The lowest BCUT2D eigenvalue weighted by atomic mass is 10.2. The van der Waals surface area contributed by atoms with Crippen LogP contribution in [0.4, 0.5) is 5.82 Å². The Bertz CT molecular complexity index is 1450. The number of aryl methyl sites for hydroxylation is 1. The van der Waals surface area contributed by atoms with E-state index in [-0.39, 0.29) is 5.91 Å². The van der Waals surface area contributed by atoms with Crippen LogP contribution in [-0.2, 0) is 6.54 Å². The molecule has 3 aromatic carbocycles. The minimum atomic E-state index is -0.256. The van der Waals surface area contributed by atoms with Crippen molar-refractivity contribution in [2.75, 3.05) is 5.32 Å². The molecule has 0 aliphatic heterocycles. The van der Waals surface area contributed by atoms with Crippen molar-refractivity contribution in [3.05, 3.63) is 106 Å². The number of imidazole rings is 1. The molecule has 6 nitrogen and oxygen atoms in total. The van der Waals surface area contributed by atoms with E-state index in [1.165, 1.54) is 0 Å². The van der Waals surface area contributed by atoms with Crippen LogP contribution in [0.15, 0.2) is 78.9 Å². The predicted molar refractivity (Wildman–Crippen MR) is 132 cm³/mol. The Kier molecular flexibility index (Phi) is 5.62. The number of hydrogen-bond acceptors (Lipinski definition) is 3. The summed E-state index contributed by atoms with van der Waals surface area (Å²) in [5.41, 5.74) is 4.13. The van der Waals surface area contributed by atoms with Gasteiger partial charge in [-0.15, -0.1) is 0 Å². The molecule has 0 bridgehead atoms. The highest BCUT2D eigenvalue weighted by molar-refractivity contribution is 6.30. The number of aromatic nitrogens is 4. The number of carbonyl (C=O) groups excluding carboxylic acids is 1. The van der Waals surface area contributed by atoms with Gasteiger partial charge in [0.25, 0.3) is 5.91 Å². The average Bonchev–Trinajstić information content (AvgIpc) is 3.35. The predicted octanol–water partition coefficient (Wildman–Crippen LogP) is 6.14. The minimum Gasteiger partial charge on any atom is -0.306 e. The second-order valence-electron chi connectivity index (χ2n) is 7.66. The lowest BCUT2D eigenvalue weighted by Gasteiger charge is -2.12. The monoisotopic (exact) mass is 475 g/mol. The molecule has 0 aliphatic rings. The number of halogens is 2. The third kappa shape index (κ3) is 4.35. The third-order valence-corrected chi connectivity index (χ3v) is 5.76. The highest BCUT2D eigenvalue weighted by Crippen LogP contribution is 2.24. The van der Waals surface area contributed by atoms with E-state index in [1.54, 1.807) is 28.9 Å². The van der Waals surface area contributed by atoms with Gasteiger partial charge in [-0.1, -0.05) is 47.5 Å². The molecule has 1 amide bonds. The number of hydrogen-bond donors (Lipinski definition) is 1. The summed E-state index contributed by atoms with van der Waals surface area (Å²) in [6.07, 6.45) is 0. The van der Waals surface area contributed by atoms with E-state index < -0.39 is 0 Å². The molecule has 0 fully saturated rings. The van der Waals surface area contributed by atoms with E-state index in [1.807, 2.05) is 61.5 Å². The van der Waals surface area contributed by atoms with Crippen molar-refractivity contribution in [3.8, 4) is 5.95 Å². The van der Waals surface area contributed by atoms with E-state index in [0.717, 1.165) is 22.3 Å². The van der Waals surface area contributed by atoms with Crippen LogP contribution in [0.1, 0.15) is 21.6 Å². The van der Waals surface area contributed by atoms with Gasteiger partial charge in [0.05, 0.1) is 23.3 Å². The molecule has 2 heterocycles. The van der Waals surface area contributed by atoms with E-state index in [0.29, 0.717) is 33.9 Å². The summed E-state index contributed by atoms with van der Waals surface area (Å²) in [6, 6.07) is 24.2. The molecule has 0 saturated carbocycles. The molecule has 0 aliphatic carbocycles. The van der Waals surface area contributed by atoms with Crippen LogP contribution in [0, 0.1) is 6.92 Å². The van der Waals surface area contributed by atoms with Crippen LogP contribution in [0.25, 0.3) is 17.0 Å². The lowest BCUT2D eigenvalue weighted by molar-refractivity contribution is 0.102. The largest absolute Gasteiger partial charge is 0.306 e. The first-order chi connectivity index (χ1) is 16.0. The normalized spacial score (nSPS) is 11.1. The van der Waals surface area contributed by atoms with Gasteiger partial charge in [0, 0.05) is 21.7 Å². The minimum absolute atomic E-state index is 0.256. The Morgan fingerprint density at radius 2 is 1.61 bits per heavy atom. The van der Waals surface area contributed by atoms with E-state index in [9.17, 15) is 4.79 Å².